The smallest absolute Gasteiger partial charge is 0.372 e. The zero-order chi connectivity index (χ0) is 7.40. The third-order valence-electron chi connectivity index (χ3n) is 1.01. The highest BCUT2D eigenvalue weighted by molar-refractivity contribution is 5.84. The Bertz CT molecular complexity index is 195. The maximum absolute atomic E-state index is 10.2. The number of aliphatic carboxylic acids is 1. The summed E-state index contributed by atoms with van der Waals surface area (Å²) in [4.78, 5) is 13.9. The van der Waals surface area contributed by atoms with Crippen molar-refractivity contribution in [1.82, 2.24) is 0 Å². The van der Waals surface area contributed by atoms with Crippen molar-refractivity contribution in [3.63, 3.8) is 0 Å². The summed E-state index contributed by atoms with van der Waals surface area (Å²) in [7, 11) is 0. The van der Waals surface area contributed by atoms with Crippen molar-refractivity contribution in [2.45, 2.75) is 6.42 Å². The lowest BCUT2D eigenvalue weighted by molar-refractivity contribution is -0.136. The van der Waals surface area contributed by atoms with Gasteiger partial charge in [0.2, 0.25) is 5.76 Å². The van der Waals surface area contributed by atoms with Crippen LogP contribution in [0.25, 0.3) is 0 Å². The van der Waals surface area contributed by atoms with Gasteiger partial charge in [0.15, 0.2) is 0 Å². The van der Waals surface area contributed by atoms with E-state index < -0.39 is 5.97 Å². The molecule has 0 amide bonds. The number of ether oxygens (including phenoxy) is 1. The summed E-state index contributed by atoms with van der Waals surface area (Å²) >= 11 is 0. The third kappa shape index (κ3) is 1.58. The van der Waals surface area contributed by atoms with Gasteiger partial charge in [-0.05, 0) is 0 Å². The standard InChI is InChI=1S/C6H7NO3/c8-6(9)5-4-7-2-1-3-10-5/h2,4H,1,3H2,(H,8,9). The van der Waals surface area contributed by atoms with Gasteiger partial charge in [-0.25, -0.2) is 4.79 Å². The first-order valence-electron chi connectivity index (χ1n) is 2.88. The molecule has 1 aliphatic rings. The van der Waals surface area contributed by atoms with Gasteiger partial charge >= 0.3 is 5.97 Å². The molecule has 0 aromatic carbocycles. The van der Waals surface area contributed by atoms with E-state index in [4.69, 9.17) is 9.84 Å². The molecule has 4 nitrogen and oxygen atoms in total. The normalized spacial score (nSPS) is 17.0. The molecule has 0 spiro atoms. The second-order valence-corrected chi connectivity index (χ2v) is 1.77. The Morgan fingerprint density at radius 2 is 2.60 bits per heavy atom. The van der Waals surface area contributed by atoms with E-state index in [0.717, 1.165) is 0 Å². The van der Waals surface area contributed by atoms with Crippen LogP contribution in [0, 0.1) is 0 Å². The van der Waals surface area contributed by atoms with Gasteiger partial charge in [0.1, 0.15) is 0 Å². The van der Waals surface area contributed by atoms with Crippen molar-refractivity contribution in [3.8, 4) is 0 Å². The third-order valence-corrected chi connectivity index (χ3v) is 1.01. The quantitative estimate of drug-likeness (QED) is 0.575. The fraction of sp³-hybridized carbons (Fsp3) is 0.333. The molecule has 1 rings (SSSR count). The van der Waals surface area contributed by atoms with E-state index in [0.29, 0.717) is 13.0 Å². The van der Waals surface area contributed by atoms with Gasteiger partial charge < -0.3 is 9.84 Å². The molecule has 0 saturated heterocycles. The summed E-state index contributed by atoms with van der Waals surface area (Å²) in [5.74, 6) is -1.16. The topological polar surface area (TPSA) is 58.9 Å². The van der Waals surface area contributed by atoms with E-state index in [9.17, 15) is 4.79 Å². The first kappa shape index (κ1) is 6.80. The molecule has 1 aliphatic heterocycles. The van der Waals surface area contributed by atoms with Crippen LogP contribution in [0.1, 0.15) is 6.42 Å². The number of hydrogen-bond acceptors (Lipinski definition) is 3. The Kier molecular flexibility index (Phi) is 2.04. The van der Waals surface area contributed by atoms with Crippen molar-refractivity contribution < 1.29 is 14.6 Å². The number of hydrogen-bond donors (Lipinski definition) is 1. The Balaban J connectivity index is 2.66. The van der Waals surface area contributed by atoms with E-state index in [2.05, 4.69) is 4.99 Å². The fourth-order valence-electron chi connectivity index (χ4n) is 0.571. The lowest BCUT2D eigenvalue weighted by Crippen LogP contribution is -2.04. The van der Waals surface area contributed by atoms with Gasteiger partial charge in [0.25, 0.3) is 0 Å². The molecule has 0 radical (unpaired) electrons. The molecular formula is C6H7NO3. The minimum Gasteiger partial charge on any atom is -0.485 e. The van der Waals surface area contributed by atoms with Crippen molar-refractivity contribution in [3.05, 3.63) is 12.0 Å². The highest BCUT2D eigenvalue weighted by Gasteiger charge is 2.08. The van der Waals surface area contributed by atoms with Crippen LogP contribution in [0.2, 0.25) is 0 Å². The molecule has 1 heterocycles. The van der Waals surface area contributed by atoms with Crippen LogP contribution in [0.4, 0.5) is 0 Å². The number of aliphatic imine (C=N–C) groups is 1. The monoisotopic (exact) mass is 141 g/mol. The number of nitrogens with zero attached hydrogens (tertiary/aromatic N) is 1. The van der Waals surface area contributed by atoms with Crippen LogP contribution >= 0.6 is 0 Å². The van der Waals surface area contributed by atoms with Gasteiger partial charge in [0, 0.05) is 12.6 Å². The van der Waals surface area contributed by atoms with Crippen LogP contribution in [0.5, 0.6) is 0 Å². The molecule has 0 unspecified atom stereocenters. The SMILES string of the molecule is O=C(O)C1=CN=CCCO1. The van der Waals surface area contributed by atoms with Crippen molar-refractivity contribution in [2.24, 2.45) is 4.99 Å². The Labute approximate surface area is 57.8 Å². The summed E-state index contributed by atoms with van der Waals surface area (Å²) < 4.78 is 4.80. The second kappa shape index (κ2) is 3.00. The van der Waals surface area contributed by atoms with E-state index in [1.54, 1.807) is 6.21 Å². The van der Waals surface area contributed by atoms with Gasteiger partial charge in [-0.2, -0.15) is 0 Å². The van der Waals surface area contributed by atoms with E-state index in [-0.39, 0.29) is 5.76 Å². The maximum atomic E-state index is 10.2. The number of carbonyl (C=O) groups is 1. The van der Waals surface area contributed by atoms with Crippen LogP contribution in [0.3, 0.4) is 0 Å². The maximum Gasteiger partial charge on any atom is 0.372 e. The summed E-state index contributed by atoms with van der Waals surface area (Å²) in [6, 6.07) is 0. The highest BCUT2D eigenvalue weighted by atomic mass is 16.5. The minimum absolute atomic E-state index is 0.0891. The molecule has 0 saturated carbocycles. The zero-order valence-corrected chi connectivity index (χ0v) is 5.28. The average Bonchev–Trinajstić information content (AvgIpc) is 2.12. The number of rotatable bonds is 1. The molecule has 0 aromatic rings. The first-order valence-corrected chi connectivity index (χ1v) is 2.88. The van der Waals surface area contributed by atoms with Crippen molar-refractivity contribution in [1.29, 1.82) is 0 Å². The van der Waals surface area contributed by atoms with E-state index in [1.807, 2.05) is 0 Å². The number of carboxylic acid groups (broad SMARTS) is 1. The van der Waals surface area contributed by atoms with Crippen LogP contribution in [-0.2, 0) is 9.53 Å². The Hall–Kier alpha value is -1.32. The Morgan fingerprint density at radius 1 is 1.80 bits per heavy atom. The highest BCUT2D eigenvalue weighted by Crippen LogP contribution is 2.01. The lowest BCUT2D eigenvalue weighted by atomic mass is 10.5. The second-order valence-electron chi connectivity index (χ2n) is 1.77. The van der Waals surface area contributed by atoms with E-state index in [1.165, 1.54) is 6.20 Å². The van der Waals surface area contributed by atoms with Gasteiger partial charge in [0.05, 0.1) is 12.8 Å². The number of carboxylic acids is 1. The molecule has 4 heteroatoms. The Morgan fingerprint density at radius 3 is 3.30 bits per heavy atom. The zero-order valence-electron chi connectivity index (χ0n) is 5.28. The minimum atomic E-state index is -1.07. The van der Waals surface area contributed by atoms with Crippen molar-refractivity contribution >= 4 is 12.2 Å². The van der Waals surface area contributed by atoms with Gasteiger partial charge in [-0.3, -0.25) is 4.99 Å². The lowest BCUT2D eigenvalue weighted by Gasteiger charge is -1.99. The van der Waals surface area contributed by atoms with Crippen molar-refractivity contribution in [2.75, 3.05) is 6.61 Å². The van der Waals surface area contributed by atoms with E-state index >= 15 is 0 Å². The van der Waals surface area contributed by atoms with Crippen LogP contribution in [0.15, 0.2) is 17.0 Å². The first-order chi connectivity index (χ1) is 4.80. The van der Waals surface area contributed by atoms with Crippen LogP contribution in [-0.4, -0.2) is 23.9 Å². The molecule has 0 fully saturated rings. The summed E-state index contributed by atoms with van der Waals surface area (Å²) in [5, 5.41) is 8.40. The van der Waals surface area contributed by atoms with Gasteiger partial charge in [-0.15, -0.1) is 0 Å². The summed E-state index contributed by atoms with van der Waals surface area (Å²) in [6.45, 7) is 0.391. The molecule has 0 aromatic heterocycles. The molecule has 10 heavy (non-hydrogen) atoms. The summed E-state index contributed by atoms with van der Waals surface area (Å²) in [6.07, 6.45) is 3.48. The van der Waals surface area contributed by atoms with Gasteiger partial charge in [-0.1, -0.05) is 0 Å². The summed E-state index contributed by atoms with van der Waals surface area (Å²) in [5.41, 5.74) is 0. The molecule has 54 valence electrons. The average molecular weight is 141 g/mol. The largest absolute Gasteiger partial charge is 0.485 e. The molecule has 1 N–H and O–H groups in total. The predicted molar refractivity (Wildman–Crippen MR) is 34.8 cm³/mol. The molecular weight excluding hydrogens is 134 g/mol. The predicted octanol–water partition coefficient (Wildman–Crippen LogP) is 0.404. The molecule has 0 aliphatic carbocycles. The fourth-order valence-corrected chi connectivity index (χ4v) is 0.571. The molecule has 0 atom stereocenters. The van der Waals surface area contributed by atoms with Crippen LogP contribution < -0.4 is 0 Å². The molecule has 0 bridgehead atoms.